The zero-order valence-corrected chi connectivity index (χ0v) is 12.6. The third kappa shape index (κ3) is 4.72. The summed E-state index contributed by atoms with van der Waals surface area (Å²) in [5, 5.41) is 6.83. The molecule has 2 aromatic rings. The number of aryl methyl sites for hydroxylation is 1. The fourth-order valence-corrected chi connectivity index (χ4v) is 2.56. The van der Waals surface area contributed by atoms with Gasteiger partial charge in [0, 0.05) is 12.1 Å². The molecular formula is C16H17NO3S. The summed E-state index contributed by atoms with van der Waals surface area (Å²) in [6.45, 7) is 2.09. The van der Waals surface area contributed by atoms with Crippen LogP contribution in [0.25, 0.3) is 0 Å². The average molecular weight is 303 g/mol. The van der Waals surface area contributed by atoms with Crippen molar-refractivity contribution in [2.24, 2.45) is 0 Å². The molecule has 0 spiro atoms. The van der Waals surface area contributed by atoms with E-state index in [0.29, 0.717) is 30.7 Å². The first kappa shape index (κ1) is 15.3. The molecule has 1 heterocycles. The molecule has 0 aliphatic heterocycles. The summed E-state index contributed by atoms with van der Waals surface area (Å²) in [4.78, 5) is 23.5. The molecule has 21 heavy (non-hydrogen) atoms. The van der Waals surface area contributed by atoms with Crippen LogP contribution in [0.1, 0.15) is 29.3 Å². The summed E-state index contributed by atoms with van der Waals surface area (Å²) in [6, 6.07) is 8.78. The fraction of sp³-hybridized carbons (Fsp3) is 0.250. The Morgan fingerprint density at radius 1 is 1.29 bits per heavy atom. The lowest BCUT2D eigenvalue weighted by atomic mass is 10.1. The van der Waals surface area contributed by atoms with Crippen molar-refractivity contribution in [1.29, 1.82) is 0 Å². The highest BCUT2D eigenvalue weighted by molar-refractivity contribution is 7.07. The van der Waals surface area contributed by atoms with E-state index < -0.39 is 0 Å². The van der Waals surface area contributed by atoms with E-state index in [1.54, 1.807) is 42.5 Å². The van der Waals surface area contributed by atoms with Crippen molar-refractivity contribution < 1.29 is 14.3 Å². The van der Waals surface area contributed by atoms with Gasteiger partial charge in [-0.25, -0.2) is 4.79 Å². The van der Waals surface area contributed by atoms with Crippen LogP contribution in [0.3, 0.4) is 0 Å². The number of anilines is 1. The maximum Gasteiger partial charge on any atom is 0.338 e. The van der Waals surface area contributed by atoms with Crippen molar-refractivity contribution in [3.05, 3.63) is 52.2 Å². The molecule has 0 unspecified atom stereocenters. The highest BCUT2D eigenvalue weighted by atomic mass is 32.1. The first-order chi connectivity index (χ1) is 10.2. The lowest BCUT2D eigenvalue weighted by Crippen LogP contribution is -2.13. The number of nitrogens with one attached hydrogen (secondary N) is 1. The van der Waals surface area contributed by atoms with Gasteiger partial charge in [-0.05, 0) is 53.9 Å². The Bertz CT molecular complexity index is 608. The molecule has 1 aromatic carbocycles. The van der Waals surface area contributed by atoms with Gasteiger partial charge in [-0.2, -0.15) is 11.3 Å². The maximum atomic E-state index is 11.9. The Hall–Kier alpha value is -2.14. The minimum absolute atomic E-state index is 0.0674. The second kappa shape index (κ2) is 7.59. The SMILES string of the molecule is CCOC(=O)c1cccc(NC(=O)CCc2ccsc2)c1. The number of carbonyl (C=O) groups is 2. The molecular weight excluding hydrogens is 286 g/mol. The first-order valence-corrected chi connectivity index (χ1v) is 7.71. The van der Waals surface area contributed by atoms with Gasteiger partial charge in [-0.1, -0.05) is 6.07 Å². The van der Waals surface area contributed by atoms with E-state index >= 15 is 0 Å². The summed E-state index contributed by atoms with van der Waals surface area (Å²) in [5.74, 6) is -0.450. The fourth-order valence-electron chi connectivity index (χ4n) is 1.85. The average Bonchev–Trinajstić information content (AvgIpc) is 2.99. The van der Waals surface area contributed by atoms with Gasteiger partial charge in [0.2, 0.25) is 5.91 Å². The van der Waals surface area contributed by atoms with E-state index in [1.807, 2.05) is 16.8 Å². The number of amides is 1. The van der Waals surface area contributed by atoms with Crippen molar-refractivity contribution in [2.45, 2.75) is 19.8 Å². The second-order valence-corrected chi connectivity index (χ2v) is 5.26. The van der Waals surface area contributed by atoms with Crippen LogP contribution < -0.4 is 5.32 Å². The van der Waals surface area contributed by atoms with E-state index in [9.17, 15) is 9.59 Å². The Balaban J connectivity index is 1.91. The molecule has 0 aliphatic carbocycles. The molecule has 0 bridgehead atoms. The van der Waals surface area contributed by atoms with Crippen molar-refractivity contribution >= 4 is 28.9 Å². The molecule has 0 atom stereocenters. The van der Waals surface area contributed by atoms with Crippen molar-refractivity contribution in [2.75, 3.05) is 11.9 Å². The topological polar surface area (TPSA) is 55.4 Å². The quantitative estimate of drug-likeness (QED) is 0.831. The minimum atomic E-state index is -0.383. The predicted octanol–water partition coefficient (Wildman–Crippen LogP) is 3.50. The van der Waals surface area contributed by atoms with Crippen LogP contribution in [-0.4, -0.2) is 18.5 Å². The van der Waals surface area contributed by atoms with Gasteiger partial charge in [0.15, 0.2) is 0 Å². The highest BCUT2D eigenvalue weighted by Crippen LogP contribution is 2.13. The molecule has 0 radical (unpaired) electrons. The predicted molar refractivity (Wildman–Crippen MR) is 83.7 cm³/mol. The van der Waals surface area contributed by atoms with E-state index in [2.05, 4.69) is 5.32 Å². The third-order valence-electron chi connectivity index (χ3n) is 2.88. The molecule has 110 valence electrons. The van der Waals surface area contributed by atoms with Crippen LogP contribution in [0.2, 0.25) is 0 Å². The normalized spacial score (nSPS) is 10.1. The van der Waals surface area contributed by atoms with E-state index in [1.165, 1.54) is 0 Å². The minimum Gasteiger partial charge on any atom is -0.462 e. The molecule has 2 rings (SSSR count). The van der Waals surface area contributed by atoms with E-state index in [-0.39, 0.29) is 11.9 Å². The van der Waals surface area contributed by atoms with Crippen LogP contribution >= 0.6 is 11.3 Å². The zero-order chi connectivity index (χ0) is 15.1. The number of carbonyl (C=O) groups excluding carboxylic acids is 2. The Morgan fingerprint density at radius 3 is 2.86 bits per heavy atom. The third-order valence-corrected chi connectivity index (χ3v) is 3.61. The van der Waals surface area contributed by atoms with E-state index in [0.717, 1.165) is 5.56 Å². The van der Waals surface area contributed by atoms with Gasteiger partial charge in [0.05, 0.1) is 12.2 Å². The lowest BCUT2D eigenvalue weighted by Gasteiger charge is -2.07. The summed E-state index contributed by atoms with van der Waals surface area (Å²) in [6.07, 6.45) is 1.13. The second-order valence-electron chi connectivity index (χ2n) is 4.48. The molecule has 1 N–H and O–H groups in total. The number of hydrogen-bond acceptors (Lipinski definition) is 4. The number of benzene rings is 1. The molecule has 0 saturated heterocycles. The van der Waals surface area contributed by atoms with Crippen LogP contribution in [0.4, 0.5) is 5.69 Å². The van der Waals surface area contributed by atoms with Gasteiger partial charge in [-0.15, -0.1) is 0 Å². The Morgan fingerprint density at radius 2 is 2.14 bits per heavy atom. The molecule has 4 nitrogen and oxygen atoms in total. The van der Waals surface area contributed by atoms with Crippen LogP contribution in [0.5, 0.6) is 0 Å². The van der Waals surface area contributed by atoms with E-state index in [4.69, 9.17) is 4.74 Å². The molecule has 0 saturated carbocycles. The maximum absolute atomic E-state index is 11.9. The van der Waals surface area contributed by atoms with Gasteiger partial charge in [-0.3, -0.25) is 4.79 Å². The Kier molecular flexibility index (Phi) is 5.51. The molecule has 5 heteroatoms. The van der Waals surface area contributed by atoms with Crippen LogP contribution in [0, 0.1) is 0 Å². The number of rotatable bonds is 6. The summed E-state index contributed by atoms with van der Waals surface area (Å²) in [5.41, 5.74) is 2.21. The molecule has 0 aliphatic rings. The molecule has 0 fully saturated rings. The zero-order valence-electron chi connectivity index (χ0n) is 11.8. The molecule has 1 aromatic heterocycles. The van der Waals surface area contributed by atoms with Crippen molar-refractivity contribution in [3.8, 4) is 0 Å². The largest absolute Gasteiger partial charge is 0.462 e. The molecule has 1 amide bonds. The highest BCUT2D eigenvalue weighted by Gasteiger charge is 2.08. The standard InChI is InChI=1S/C16H17NO3S/c1-2-20-16(19)13-4-3-5-14(10-13)17-15(18)7-6-12-8-9-21-11-12/h3-5,8-11H,2,6-7H2,1H3,(H,17,18). The van der Waals surface area contributed by atoms with Gasteiger partial charge < -0.3 is 10.1 Å². The number of thiophene rings is 1. The van der Waals surface area contributed by atoms with Gasteiger partial charge in [0.25, 0.3) is 0 Å². The van der Waals surface area contributed by atoms with Crippen molar-refractivity contribution in [3.63, 3.8) is 0 Å². The van der Waals surface area contributed by atoms with Gasteiger partial charge in [0.1, 0.15) is 0 Å². The lowest BCUT2D eigenvalue weighted by molar-refractivity contribution is -0.116. The van der Waals surface area contributed by atoms with Crippen LogP contribution in [-0.2, 0) is 16.0 Å². The van der Waals surface area contributed by atoms with Crippen molar-refractivity contribution in [1.82, 2.24) is 0 Å². The summed E-state index contributed by atoms with van der Waals surface area (Å²) in [7, 11) is 0. The van der Waals surface area contributed by atoms with Crippen LogP contribution in [0.15, 0.2) is 41.1 Å². The summed E-state index contributed by atoms with van der Waals surface area (Å²) >= 11 is 1.62. The summed E-state index contributed by atoms with van der Waals surface area (Å²) < 4.78 is 4.93. The number of ether oxygens (including phenoxy) is 1. The first-order valence-electron chi connectivity index (χ1n) is 6.77. The Labute approximate surface area is 127 Å². The van der Waals surface area contributed by atoms with Gasteiger partial charge >= 0.3 is 5.97 Å². The smallest absolute Gasteiger partial charge is 0.338 e. The monoisotopic (exact) mass is 303 g/mol. The number of hydrogen-bond donors (Lipinski definition) is 1. The number of esters is 1.